The van der Waals surface area contributed by atoms with E-state index >= 15 is 0 Å². The molecule has 2 aromatic carbocycles. The molecule has 35 heavy (non-hydrogen) atoms. The fraction of sp³-hybridized carbons (Fsp3) is 0.174. The highest BCUT2D eigenvalue weighted by molar-refractivity contribution is 7.92. The lowest BCUT2D eigenvalue weighted by molar-refractivity contribution is -0.124. The number of aromatic nitrogens is 4. The number of hydrogen-bond donors (Lipinski definition) is 2. The maximum Gasteiger partial charge on any atom is 0.268 e. The van der Waals surface area contributed by atoms with E-state index < -0.39 is 28.0 Å². The summed E-state index contributed by atoms with van der Waals surface area (Å²) in [6.45, 7) is 2.12. The van der Waals surface area contributed by atoms with Crippen molar-refractivity contribution < 1.29 is 22.0 Å². The van der Waals surface area contributed by atoms with Crippen molar-refractivity contribution in [1.82, 2.24) is 20.2 Å². The SMILES string of the molecule is CC(C)(CF)C(=O)Nc1cccc(NS(=O)(=O)c2cccc(-c3nnc(-c4cnccn4)o3)c2)c1. The van der Waals surface area contributed by atoms with Crippen LogP contribution >= 0.6 is 0 Å². The fourth-order valence-corrected chi connectivity index (χ4v) is 3.98. The maximum absolute atomic E-state index is 13.1. The van der Waals surface area contributed by atoms with Gasteiger partial charge in [0, 0.05) is 23.6 Å². The standard InChI is InChI=1S/C23H21FN6O4S/c1-23(2,14-24)22(31)27-16-6-4-7-17(12-16)30-35(32,33)18-8-3-5-15(11-18)20-28-29-21(34-20)19-13-25-9-10-26-19/h3-13,30H,14H2,1-2H3,(H,27,31). The highest BCUT2D eigenvalue weighted by atomic mass is 32.2. The van der Waals surface area contributed by atoms with Crippen LogP contribution in [0.3, 0.4) is 0 Å². The quantitative estimate of drug-likeness (QED) is 0.374. The molecule has 0 saturated heterocycles. The zero-order valence-corrected chi connectivity index (χ0v) is 19.6. The van der Waals surface area contributed by atoms with E-state index in [-0.39, 0.29) is 22.4 Å². The van der Waals surface area contributed by atoms with E-state index in [0.717, 1.165) is 0 Å². The lowest BCUT2D eigenvalue weighted by Gasteiger charge is -2.19. The van der Waals surface area contributed by atoms with Crippen molar-refractivity contribution in [3.63, 3.8) is 0 Å². The number of anilines is 2. The van der Waals surface area contributed by atoms with Crippen molar-refractivity contribution in [2.45, 2.75) is 18.7 Å². The van der Waals surface area contributed by atoms with Crippen LogP contribution in [0.25, 0.3) is 23.0 Å². The van der Waals surface area contributed by atoms with Crippen molar-refractivity contribution >= 4 is 27.3 Å². The third-order valence-corrected chi connectivity index (χ3v) is 6.30. The highest BCUT2D eigenvalue weighted by Gasteiger charge is 2.27. The number of sulfonamides is 1. The molecule has 180 valence electrons. The number of rotatable bonds is 8. The van der Waals surface area contributed by atoms with Gasteiger partial charge in [0.1, 0.15) is 12.4 Å². The molecule has 0 saturated carbocycles. The van der Waals surface area contributed by atoms with Crippen LogP contribution in [0, 0.1) is 5.41 Å². The molecule has 1 amide bonds. The molecule has 4 rings (SSSR count). The highest BCUT2D eigenvalue weighted by Crippen LogP contribution is 2.26. The predicted octanol–water partition coefficient (Wildman–Crippen LogP) is 3.93. The topological polar surface area (TPSA) is 140 Å². The van der Waals surface area contributed by atoms with E-state index in [1.54, 1.807) is 24.3 Å². The molecule has 0 fully saturated rings. The van der Waals surface area contributed by atoms with E-state index in [1.165, 1.54) is 56.7 Å². The average Bonchev–Trinajstić information content (AvgIpc) is 3.35. The van der Waals surface area contributed by atoms with Gasteiger partial charge in [-0.15, -0.1) is 10.2 Å². The molecule has 0 aliphatic rings. The van der Waals surface area contributed by atoms with E-state index in [9.17, 15) is 17.6 Å². The summed E-state index contributed by atoms with van der Waals surface area (Å²) in [7, 11) is -4.00. The maximum atomic E-state index is 13.1. The Bertz CT molecular complexity index is 1460. The van der Waals surface area contributed by atoms with Crippen molar-refractivity contribution in [1.29, 1.82) is 0 Å². The van der Waals surface area contributed by atoms with E-state index in [4.69, 9.17) is 4.42 Å². The van der Waals surface area contributed by atoms with Crippen molar-refractivity contribution in [3.8, 4) is 23.0 Å². The zero-order valence-electron chi connectivity index (χ0n) is 18.8. The summed E-state index contributed by atoms with van der Waals surface area (Å²) < 4.78 is 47.2. The van der Waals surface area contributed by atoms with Gasteiger partial charge in [0.15, 0.2) is 0 Å². The van der Waals surface area contributed by atoms with E-state index in [2.05, 4.69) is 30.2 Å². The first-order valence-corrected chi connectivity index (χ1v) is 11.9. The Morgan fingerprint density at radius 1 is 1.03 bits per heavy atom. The molecule has 0 bridgehead atoms. The summed E-state index contributed by atoms with van der Waals surface area (Å²) in [6, 6.07) is 12.1. The van der Waals surface area contributed by atoms with Crippen LogP contribution in [0.2, 0.25) is 0 Å². The Hall–Kier alpha value is -4.19. The molecular weight excluding hydrogens is 475 g/mol. The number of carbonyl (C=O) groups excluding carboxylic acids is 1. The minimum Gasteiger partial charge on any atom is -0.415 e. The number of amides is 1. The number of nitrogens with zero attached hydrogens (tertiary/aromatic N) is 4. The van der Waals surface area contributed by atoms with Gasteiger partial charge in [0.2, 0.25) is 11.8 Å². The second kappa shape index (κ2) is 9.58. The predicted molar refractivity (Wildman–Crippen MR) is 126 cm³/mol. The number of alkyl halides is 1. The first-order chi connectivity index (χ1) is 16.7. The van der Waals surface area contributed by atoms with Crippen molar-refractivity contribution in [2.24, 2.45) is 5.41 Å². The first-order valence-electron chi connectivity index (χ1n) is 10.4. The molecule has 2 N–H and O–H groups in total. The zero-order chi connectivity index (χ0) is 25.1. The largest absolute Gasteiger partial charge is 0.415 e. The van der Waals surface area contributed by atoms with Gasteiger partial charge in [-0.05, 0) is 50.2 Å². The molecule has 0 radical (unpaired) electrons. The van der Waals surface area contributed by atoms with Gasteiger partial charge < -0.3 is 9.73 Å². The van der Waals surface area contributed by atoms with Gasteiger partial charge in [0.05, 0.1) is 22.2 Å². The second-order valence-electron chi connectivity index (χ2n) is 8.19. The van der Waals surface area contributed by atoms with Gasteiger partial charge >= 0.3 is 0 Å². The lowest BCUT2D eigenvalue weighted by atomic mass is 9.94. The van der Waals surface area contributed by atoms with Crippen LogP contribution < -0.4 is 10.0 Å². The Labute approximate surface area is 200 Å². The summed E-state index contributed by atoms with van der Waals surface area (Å²) in [5, 5.41) is 10.5. The van der Waals surface area contributed by atoms with Crippen LogP contribution in [0.5, 0.6) is 0 Å². The van der Waals surface area contributed by atoms with Gasteiger partial charge in [0.25, 0.3) is 15.9 Å². The molecular formula is C23H21FN6O4S. The number of carbonyl (C=O) groups is 1. The molecule has 0 atom stereocenters. The molecule has 12 heteroatoms. The third kappa shape index (κ3) is 5.49. The molecule has 2 aromatic heterocycles. The van der Waals surface area contributed by atoms with Crippen LogP contribution in [0.4, 0.5) is 15.8 Å². The van der Waals surface area contributed by atoms with Gasteiger partial charge in [-0.3, -0.25) is 14.5 Å². The minimum atomic E-state index is -4.00. The summed E-state index contributed by atoms with van der Waals surface area (Å²) >= 11 is 0. The van der Waals surface area contributed by atoms with Gasteiger partial charge in [-0.1, -0.05) is 12.1 Å². The van der Waals surface area contributed by atoms with E-state index in [1.807, 2.05) is 0 Å². The Kier molecular flexibility index (Phi) is 6.56. The number of benzene rings is 2. The Balaban J connectivity index is 1.54. The van der Waals surface area contributed by atoms with E-state index in [0.29, 0.717) is 16.9 Å². The fourth-order valence-electron chi connectivity index (χ4n) is 2.88. The third-order valence-electron chi connectivity index (χ3n) is 4.92. The molecule has 0 spiro atoms. The number of halogens is 1. The summed E-state index contributed by atoms with van der Waals surface area (Å²) in [5.74, 6) is -0.259. The molecule has 0 aliphatic heterocycles. The molecule has 0 unspecified atom stereocenters. The number of nitrogens with one attached hydrogen (secondary N) is 2. The average molecular weight is 497 g/mol. The second-order valence-corrected chi connectivity index (χ2v) is 9.87. The van der Waals surface area contributed by atoms with Crippen molar-refractivity contribution in [3.05, 3.63) is 67.1 Å². The molecule has 10 nitrogen and oxygen atoms in total. The summed E-state index contributed by atoms with van der Waals surface area (Å²) in [6.07, 6.45) is 4.47. The normalized spacial score (nSPS) is 11.7. The smallest absolute Gasteiger partial charge is 0.268 e. The van der Waals surface area contributed by atoms with Gasteiger partial charge in [-0.2, -0.15) is 0 Å². The molecule has 0 aliphatic carbocycles. The van der Waals surface area contributed by atoms with Crippen molar-refractivity contribution in [2.75, 3.05) is 16.7 Å². The molecule has 4 aromatic rings. The first kappa shape index (κ1) is 24.0. The van der Waals surface area contributed by atoms with Crippen LogP contribution in [0.15, 0.2) is 76.4 Å². The number of hydrogen-bond acceptors (Lipinski definition) is 8. The monoisotopic (exact) mass is 496 g/mol. The Morgan fingerprint density at radius 3 is 2.51 bits per heavy atom. The lowest BCUT2D eigenvalue weighted by Crippen LogP contribution is -2.32. The van der Waals surface area contributed by atoms with Crippen LogP contribution in [0.1, 0.15) is 13.8 Å². The minimum absolute atomic E-state index is 0.0396. The van der Waals surface area contributed by atoms with Crippen LogP contribution in [-0.4, -0.2) is 41.2 Å². The summed E-state index contributed by atoms with van der Waals surface area (Å²) in [5.41, 5.74) is 0.114. The van der Waals surface area contributed by atoms with Crippen LogP contribution in [-0.2, 0) is 14.8 Å². The summed E-state index contributed by atoms with van der Waals surface area (Å²) in [4.78, 5) is 20.2. The Morgan fingerprint density at radius 2 is 1.77 bits per heavy atom. The van der Waals surface area contributed by atoms with Gasteiger partial charge in [-0.25, -0.2) is 17.8 Å². The molecule has 2 heterocycles.